The van der Waals surface area contributed by atoms with Crippen LogP contribution in [0.5, 0.6) is 5.75 Å². The minimum atomic E-state index is 0.757. The molecule has 2 aromatic carbocycles. The second-order valence-electron chi connectivity index (χ2n) is 5.51. The van der Waals surface area contributed by atoms with Gasteiger partial charge in [0.2, 0.25) is 0 Å². The lowest BCUT2D eigenvalue weighted by atomic mass is 10.1. The van der Waals surface area contributed by atoms with Crippen molar-refractivity contribution >= 4 is 11.8 Å². The second-order valence-corrected chi connectivity index (χ2v) is 6.59. The van der Waals surface area contributed by atoms with Crippen LogP contribution in [-0.2, 0) is 6.54 Å². The first-order chi connectivity index (χ1) is 10.3. The Balaban J connectivity index is 1.72. The molecule has 0 atom stereocenters. The normalized spacial score (nSPS) is 14.2. The molecule has 0 heterocycles. The van der Waals surface area contributed by atoms with Crippen molar-refractivity contribution in [3.8, 4) is 5.75 Å². The topological polar surface area (TPSA) is 21.3 Å². The van der Waals surface area contributed by atoms with Crippen LogP contribution in [0.25, 0.3) is 0 Å². The molecule has 0 unspecified atom stereocenters. The van der Waals surface area contributed by atoms with Crippen molar-refractivity contribution in [3.63, 3.8) is 0 Å². The molecule has 2 aromatic rings. The number of benzene rings is 2. The van der Waals surface area contributed by atoms with Gasteiger partial charge < -0.3 is 10.1 Å². The van der Waals surface area contributed by atoms with E-state index in [0.29, 0.717) is 0 Å². The number of nitrogens with one attached hydrogen (secondary N) is 1. The van der Waals surface area contributed by atoms with Gasteiger partial charge in [-0.05, 0) is 49.1 Å². The Morgan fingerprint density at radius 1 is 1.14 bits per heavy atom. The van der Waals surface area contributed by atoms with Crippen LogP contribution < -0.4 is 10.1 Å². The van der Waals surface area contributed by atoms with Gasteiger partial charge >= 0.3 is 0 Å². The van der Waals surface area contributed by atoms with E-state index in [0.717, 1.165) is 23.2 Å². The zero-order valence-electron chi connectivity index (χ0n) is 12.6. The predicted octanol–water partition coefficient (Wildman–Crippen LogP) is 4.41. The van der Waals surface area contributed by atoms with E-state index < -0.39 is 0 Å². The van der Waals surface area contributed by atoms with E-state index in [1.54, 1.807) is 18.9 Å². The molecule has 0 spiro atoms. The molecule has 0 amide bonds. The molecule has 0 saturated heterocycles. The van der Waals surface area contributed by atoms with Crippen LogP contribution in [0.1, 0.15) is 24.0 Å². The smallest absolute Gasteiger partial charge is 0.132 e. The molecule has 1 aliphatic carbocycles. The van der Waals surface area contributed by atoms with Crippen molar-refractivity contribution in [2.45, 2.75) is 42.1 Å². The van der Waals surface area contributed by atoms with Gasteiger partial charge in [-0.25, -0.2) is 0 Å². The van der Waals surface area contributed by atoms with Crippen LogP contribution in [0.2, 0.25) is 0 Å². The average Bonchev–Trinajstić information content (AvgIpc) is 3.32. The van der Waals surface area contributed by atoms with Crippen molar-refractivity contribution in [1.29, 1.82) is 0 Å². The number of hydrogen-bond acceptors (Lipinski definition) is 3. The molecule has 1 aliphatic rings. The zero-order valence-corrected chi connectivity index (χ0v) is 13.4. The Labute approximate surface area is 130 Å². The molecule has 0 radical (unpaired) electrons. The van der Waals surface area contributed by atoms with E-state index >= 15 is 0 Å². The predicted molar refractivity (Wildman–Crippen MR) is 88.2 cm³/mol. The molecular formula is C18H21NOS. The van der Waals surface area contributed by atoms with E-state index in [4.69, 9.17) is 4.74 Å². The minimum absolute atomic E-state index is 0.757. The summed E-state index contributed by atoms with van der Waals surface area (Å²) in [5, 5.41) is 3.56. The molecule has 0 aliphatic heterocycles. The number of hydrogen-bond donors (Lipinski definition) is 1. The molecule has 21 heavy (non-hydrogen) atoms. The summed E-state index contributed by atoms with van der Waals surface area (Å²) in [4.78, 5) is 2.45. The molecule has 3 rings (SSSR count). The Hall–Kier alpha value is -1.45. The van der Waals surface area contributed by atoms with Crippen molar-refractivity contribution in [1.82, 2.24) is 5.32 Å². The van der Waals surface area contributed by atoms with Crippen LogP contribution in [0, 0.1) is 6.92 Å². The highest BCUT2D eigenvalue weighted by molar-refractivity contribution is 7.99. The van der Waals surface area contributed by atoms with E-state index in [2.05, 4.69) is 36.5 Å². The van der Waals surface area contributed by atoms with E-state index in [1.807, 2.05) is 18.2 Å². The van der Waals surface area contributed by atoms with Gasteiger partial charge in [-0.1, -0.05) is 36.0 Å². The standard InChI is InChI=1S/C18H21NOS/c1-13-11-14(12-19-15-8-9-15)7-10-17(13)21-18-6-4-3-5-16(18)20-2/h3-7,10-11,15,19H,8-9,12H2,1-2H3. The first-order valence-electron chi connectivity index (χ1n) is 7.40. The summed E-state index contributed by atoms with van der Waals surface area (Å²) in [6.07, 6.45) is 2.67. The molecule has 1 saturated carbocycles. The fraction of sp³-hybridized carbons (Fsp3) is 0.333. The zero-order chi connectivity index (χ0) is 14.7. The lowest BCUT2D eigenvalue weighted by Gasteiger charge is -2.11. The average molecular weight is 299 g/mol. The van der Waals surface area contributed by atoms with Crippen molar-refractivity contribution in [2.24, 2.45) is 0 Å². The van der Waals surface area contributed by atoms with Gasteiger partial charge in [0.25, 0.3) is 0 Å². The van der Waals surface area contributed by atoms with Gasteiger partial charge in [-0.15, -0.1) is 0 Å². The van der Waals surface area contributed by atoms with Crippen molar-refractivity contribution in [3.05, 3.63) is 53.6 Å². The molecule has 110 valence electrons. The van der Waals surface area contributed by atoms with E-state index in [9.17, 15) is 0 Å². The Kier molecular flexibility index (Phi) is 4.51. The second kappa shape index (κ2) is 6.54. The van der Waals surface area contributed by atoms with Crippen LogP contribution in [0.4, 0.5) is 0 Å². The first-order valence-corrected chi connectivity index (χ1v) is 8.21. The Morgan fingerprint density at radius 3 is 2.67 bits per heavy atom. The third-order valence-electron chi connectivity index (χ3n) is 3.70. The molecule has 3 heteroatoms. The molecule has 0 bridgehead atoms. The summed E-state index contributed by atoms with van der Waals surface area (Å²) in [5.74, 6) is 0.932. The SMILES string of the molecule is COc1ccccc1Sc1ccc(CNC2CC2)cc1C. The molecule has 2 nitrogen and oxygen atoms in total. The third kappa shape index (κ3) is 3.80. The lowest BCUT2D eigenvalue weighted by Crippen LogP contribution is -2.15. The number of rotatable bonds is 6. The Bertz CT molecular complexity index is 622. The van der Waals surface area contributed by atoms with Crippen molar-refractivity contribution in [2.75, 3.05) is 7.11 Å². The summed E-state index contributed by atoms with van der Waals surface area (Å²) in [6, 6.07) is 15.6. The number of ether oxygens (including phenoxy) is 1. The summed E-state index contributed by atoms with van der Waals surface area (Å²) in [6.45, 7) is 3.16. The molecule has 1 N–H and O–H groups in total. The van der Waals surface area contributed by atoms with Crippen molar-refractivity contribution < 1.29 is 4.74 Å². The van der Waals surface area contributed by atoms with E-state index in [1.165, 1.54) is 28.9 Å². The Morgan fingerprint density at radius 2 is 1.95 bits per heavy atom. The molecular weight excluding hydrogens is 278 g/mol. The number of para-hydroxylation sites is 1. The monoisotopic (exact) mass is 299 g/mol. The van der Waals surface area contributed by atoms with Gasteiger partial charge in [0, 0.05) is 17.5 Å². The van der Waals surface area contributed by atoms with Gasteiger partial charge in [0.1, 0.15) is 5.75 Å². The summed E-state index contributed by atoms with van der Waals surface area (Å²) < 4.78 is 5.42. The number of methoxy groups -OCH3 is 1. The van der Waals surface area contributed by atoms with Crippen LogP contribution in [0.3, 0.4) is 0 Å². The van der Waals surface area contributed by atoms with Crippen LogP contribution in [0.15, 0.2) is 52.3 Å². The summed E-state index contributed by atoms with van der Waals surface area (Å²) >= 11 is 1.77. The highest BCUT2D eigenvalue weighted by Crippen LogP contribution is 2.36. The third-order valence-corrected chi connectivity index (χ3v) is 4.94. The molecule has 0 aromatic heterocycles. The van der Waals surface area contributed by atoms with E-state index in [-0.39, 0.29) is 0 Å². The molecule has 1 fully saturated rings. The minimum Gasteiger partial charge on any atom is -0.496 e. The fourth-order valence-electron chi connectivity index (χ4n) is 2.31. The summed E-state index contributed by atoms with van der Waals surface area (Å²) in [5.41, 5.74) is 2.68. The highest BCUT2D eigenvalue weighted by Gasteiger charge is 2.19. The van der Waals surface area contributed by atoms with Gasteiger partial charge in [0.05, 0.1) is 12.0 Å². The highest BCUT2D eigenvalue weighted by atomic mass is 32.2. The largest absolute Gasteiger partial charge is 0.496 e. The summed E-state index contributed by atoms with van der Waals surface area (Å²) in [7, 11) is 1.72. The van der Waals surface area contributed by atoms with Crippen LogP contribution >= 0.6 is 11.8 Å². The first kappa shape index (κ1) is 14.5. The quantitative estimate of drug-likeness (QED) is 0.854. The maximum atomic E-state index is 5.42. The maximum Gasteiger partial charge on any atom is 0.132 e. The lowest BCUT2D eigenvalue weighted by molar-refractivity contribution is 0.405. The van der Waals surface area contributed by atoms with Gasteiger partial charge in [-0.3, -0.25) is 0 Å². The fourth-order valence-corrected chi connectivity index (χ4v) is 3.30. The van der Waals surface area contributed by atoms with Gasteiger partial charge in [-0.2, -0.15) is 0 Å². The number of aryl methyl sites for hydroxylation is 1. The van der Waals surface area contributed by atoms with Gasteiger partial charge in [0.15, 0.2) is 0 Å². The maximum absolute atomic E-state index is 5.42. The van der Waals surface area contributed by atoms with Crippen LogP contribution in [-0.4, -0.2) is 13.2 Å².